The molecule has 0 bridgehead atoms. The molecule has 19 heavy (non-hydrogen) atoms. The van der Waals surface area contributed by atoms with Gasteiger partial charge in [0.1, 0.15) is 0 Å². The summed E-state index contributed by atoms with van der Waals surface area (Å²) in [6.45, 7) is 16.2. The van der Waals surface area contributed by atoms with E-state index in [0.717, 1.165) is 38.6 Å². The highest BCUT2D eigenvalue weighted by Gasteiger charge is 2.29. The van der Waals surface area contributed by atoms with E-state index in [0.29, 0.717) is 11.3 Å². The molecular formula is C16H34N2O. The Morgan fingerprint density at radius 2 is 1.74 bits per heavy atom. The van der Waals surface area contributed by atoms with E-state index in [4.69, 9.17) is 0 Å². The van der Waals surface area contributed by atoms with Gasteiger partial charge in [-0.05, 0) is 49.7 Å². The van der Waals surface area contributed by atoms with Crippen LogP contribution in [0, 0.1) is 17.3 Å². The Morgan fingerprint density at radius 3 is 2.21 bits per heavy atom. The lowest BCUT2D eigenvalue weighted by Crippen LogP contribution is -2.44. The first-order valence-corrected chi connectivity index (χ1v) is 7.90. The molecule has 1 heterocycles. The van der Waals surface area contributed by atoms with Gasteiger partial charge in [0.25, 0.3) is 0 Å². The van der Waals surface area contributed by atoms with E-state index in [-0.39, 0.29) is 6.10 Å². The van der Waals surface area contributed by atoms with Crippen molar-refractivity contribution in [3.8, 4) is 0 Å². The highest BCUT2D eigenvalue weighted by Crippen LogP contribution is 2.34. The van der Waals surface area contributed by atoms with E-state index in [2.05, 4.69) is 44.8 Å². The van der Waals surface area contributed by atoms with Gasteiger partial charge in [-0.25, -0.2) is 0 Å². The van der Waals surface area contributed by atoms with Crippen LogP contribution in [0.5, 0.6) is 0 Å². The van der Waals surface area contributed by atoms with Crippen molar-refractivity contribution in [2.24, 2.45) is 17.3 Å². The van der Waals surface area contributed by atoms with Gasteiger partial charge in [0.05, 0.1) is 6.10 Å². The van der Waals surface area contributed by atoms with Crippen LogP contribution in [0.2, 0.25) is 0 Å². The van der Waals surface area contributed by atoms with Gasteiger partial charge in [0.2, 0.25) is 0 Å². The molecule has 2 N–H and O–H groups in total. The van der Waals surface area contributed by atoms with Crippen molar-refractivity contribution in [3.05, 3.63) is 0 Å². The zero-order chi connectivity index (χ0) is 14.5. The van der Waals surface area contributed by atoms with Gasteiger partial charge in [-0.2, -0.15) is 0 Å². The molecule has 0 amide bonds. The fraction of sp³-hybridized carbons (Fsp3) is 1.00. The van der Waals surface area contributed by atoms with Gasteiger partial charge in [-0.3, -0.25) is 0 Å². The minimum absolute atomic E-state index is 0.232. The predicted octanol–water partition coefficient (Wildman–Crippen LogP) is 2.35. The first-order chi connectivity index (χ1) is 8.79. The lowest BCUT2D eigenvalue weighted by atomic mass is 9.75. The lowest BCUT2D eigenvalue weighted by Gasteiger charge is -2.39. The normalized spacial score (nSPS) is 21.0. The molecule has 1 fully saturated rings. The molecule has 1 aliphatic rings. The molecule has 0 spiro atoms. The Morgan fingerprint density at radius 1 is 1.16 bits per heavy atom. The van der Waals surface area contributed by atoms with Crippen LogP contribution in [-0.4, -0.2) is 48.8 Å². The summed E-state index contributed by atoms with van der Waals surface area (Å²) in [6, 6.07) is 0. The number of rotatable bonds is 6. The van der Waals surface area contributed by atoms with Gasteiger partial charge in [0, 0.05) is 13.1 Å². The fourth-order valence-electron chi connectivity index (χ4n) is 2.88. The molecule has 3 nitrogen and oxygen atoms in total. The number of β-amino-alcohol motifs (C(OH)–C–C–N with tert-alkyl or cyclic N) is 1. The van der Waals surface area contributed by atoms with Gasteiger partial charge in [0.15, 0.2) is 0 Å². The third kappa shape index (κ3) is 6.73. The second kappa shape index (κ2) is 7.61. The summed E-state index contributed by atoms with van der Waals surface area (Å²) in [5.41, 5.74) is 0.434. The van der Waals surface area contributed by atoms with Crippen LogP contribution >= 0.6 is 0 Å². The molecule has 0 saturated carbocycles. The molecule has 1 saturated heterocycles. The second-order valence-electron chi connectivity index (χ2n) is 7.65. The molecule has 3 heteroatoms. The molecule has 114 valence electrons. The van der Waals surface area contributed by atoms with E-state index in [1.807, 2.05) is 0 Å². The maximum atomic E-state index is 10.0. The van der Waals surface area contributed by atoms with Gasteiger partial charge >= 0.3 is 0 Å². The highest BCUT2D eigenvalue weighted by atomic mass is 16.3. The number of aliphatic hydroxyl groups excluding tert-OH is 1. The highest BCUT2D eigenvalue weighted by molar-refractivity contribution is 4.81. The summed E-state index contributed by atoms with van der Waals surface area (Å²) in [5.74, 6) is 1.48. The van der Waals surface area contributed by atoms with Crippen molar-refractivity contribution in [1.82, 2.24) is 10.2 Å². The van der Waals surface area contributed by atoms with E-state index >= 15 is 0 Å². The standard InChI is InChI=1S/C16H34N2O/c1-13(2)10-17-11-15(19)12-18-8-6-14(7-9-18)16(3,4)5/h13-15,17,19H,6-12H2,1-5H3. The molecule has 0 aliphatic carbocycles. The fourth-order valence-corrected chi connectivity index (χ4v) is 2.88. The zero-order valence-corrected chi connectivity index (χ0v) is 13.6. The smallest absolute Gasteiger partial charge is 0.0791 e. The number of hydrogen-bond donors (Lipinski definition) is 2. The first kappa shape index (κ1) is 16.9. The molecule has 0 aromatic rings. The minimum atomic E-state index is -0.232. The average Bonchev–Trinajstić information content (AvgIpc) is 2.27. The van der Waals surface area contributed by atoms with Crippen molar-refractivity contribution in [2.45, 2.75) is 53.6 Å². The third-order valence-corrected chi connectivity index (χ3v) is 4.21. The molecule has 0 radical (unpaired) electrons. The minimum Gasteiger partial charge on any atom is -0.390 e. The van der Waals surface area contributed by atoms with Crippen LogP contribution in [0.15, 0.2) is 0 Å². The molecule has 1 atom stereocenters. The molecule has 1 aliphatic heterocycles. The summed E-state index contributed by atoms with van der Waals surface area (Å²) in [4.78, 5) is 2.42. The Hall–Kier alpha value is -0.120. The van der Waals surface area contributed by atoms with Crippen molar-refractivity contribution in [1.29, 1.82) is 0 Å². The van der Waals surface area contributed by atoms with Crippen LogP contribution in [0.1, 0.15) is 47.5 Å². The Bertz CT molecular complexity index is 240. The largest absolute Gasteiger partial charge is 0.390 e. The van der Waals surface area contributed by atoms with Crippen molar-refractivity contribution in [3.63, 3.8) is 0 Å². The zero-order valence-electron chi connectivity index (χ0n) is 13.6. The second-order valence-corrected chi connectivity index (χ2v) is 7.65. The Kier molecular flexibility index (Phi) is 6.78. The quantitative estimate of drug-likeness (QED) is 0.778. The monoisotopic (exact) mass is 270 g/mol. The molecular weight excluding hydrogens is 236 g/mol. The number of nitrogens with one attached hydrogen (secondary N) is 1. The topological polar surface area (TPSA) is 35.5 Å². The predicted molar refractivity (Wildman–Crippen MR) is 82.3 cm³/mol. The SMILES string of the molecule is CC(C)CNCC(O)CN1CCC(C(C)(C)C)CC1. The maximum Gasteiger partial charge on any atom is 0.0791 e. The van der Waals surface area contributed by atoms with E-state index in [9.17, 15) is 5.11 Å². The number of likely N-dealkylation sites (tertiary alicyclic amines) is 1. The molecule has 0 aromatic heterocycles. The summed E-state index contributed by atoms with van der Waals surface area (Å²) in [7, 11) is 0. The van der Waals surface area contributed by atoms with E-state index in [1.165, 1.54) is 12.8 Å². The summed E-state index contributed by atoms with van der Waals surface area (Å²) >= 11 is 0. The van der Waals surface area contributed by atoms with Crippen LogP contribution in [0.3, 0.4) is 0 Å². The van der Waals surface area contributed by atoms with Crippen LogP contribution in [0.25, 0.3) is 0 Å². The number of nitrogens with zero attached hydrogens (tertiary/aromatic N) is 1. The first-order valence-electron chi connectivity index (χ1n) is 7.90. The van der Waals surface area contributed by atoms with Gasteiger partial charge < -0.3 is 15.3 Å². The summed E-state index contributed by atoms with van der Waals surface area (Å²) in [5, 5.41) is 13.4. The molecule has 0 aromatic carbocycles. The van der Waals surface area contributed by atoms with Gasteiger partial charge in [-0.1, -0.05) is 34.6 Å². The van der Waals surface area contributed by atoms with E-state index in [1.54, 1.807) is 0 Å². The van der Waals surface area contributed by atoms with Crippen molar-refractivity contribution < 1.29 is 5.11 Å². The van der Waals surface area contributed by atoms with Gasteiger partial charge in [-0.15, -0.1) is 0 Å². The average molecular weight is 270 g/mol. The van der Waals surface area contributed by atoms with E-state index < -0.39 is 0 Å². The summed E-state index contributed by atoms with van der Waals surface area (Å²) < 4.78 is 0. The number of piperidine rings is 1. The Labute approximate surface area is 119 Å². The van der Waals surface area contributed by atoms with Crippen LogP contribution in [-0.2, 0) is 0 Å². The maximum absolute atomic E-state index is 10.0. The Balaban J connectivity index is 2.18. The molecule has 1 rings (SSSR count). The third-order valence-electron chi connectivity index (χ3n) is 4.21. The van der Waals surface area contributed by atoms with Crippen LogP contribution in [0.4, 0.5) is 0 Å². The van der Waals surface area contributed by atoms with Crippen molar-refractivity contribution >= 4 is 0 Å². The summed E-state index contributed by atoms with van der Waals surface area (Å²) in [6.07, 6.45) is 2.32. The number of aliphatic hydroxyl groups is 1. The lowest BCUT2D eigenvalue weighted by molar-refractivity contribution is 0.0652. The molecule has 1 unspecified atom stereocenters. The number of hydrogen-bond acceptors (Lipinski definition) is 3. The van der Waals surface area contributed by atoms with Crippen molar-refractivity contribution in [2.75, 3.05) is 32.7 Å². The van der Waals surface area contributed by atoms with Crippen LogP contribution < -0.4 is 5.32 Å².